The largest absolute Gasteiger partial charge is 0.507 e. The van der Waals surface area contributed by atoms with E-state index < -0.39 is 0 Å². The van der Waals surface area contributed by atoms with Crippen molar-refractivity contribution in [2.24, 2.45) is 0 Å². The third kappa shape index (κ3) is 2.50. The number of aromatic hydroxyl groups is 1. The van der Waals surface area contributed by atoms with Gasteiger partial charge in [0, 0.05) is 18.7 Å². The lowest BCUT2D eigenvalue weighted by molar-refractivity contribution is 0.0842. The molecular weight excluding hydrogens is 224 g/mol. The second kappa shape index (κ2) is 5.54. The molecule has 0 saturated heterocycles. The summed E-state index contributed by atoms with van der Waals surface area (Å²) in [6.07, 6.45) is 0. The average molecular weight is 240 g/mol. The predicted octanol–water partition coefficient (Wildman–Crippen LogP) is 1.55. The number of hydrogen-bond acceptors (Lipinski definition) is 5. The highest BCUT2D eigenvalue weighted by Gasteiger charge is 2.22. The van der Waals surface area contributed by atoms with Gasteiger partial charge < -0.3 is 19.3 Å². The summed E-state index contributed by atoms with van der Waals surface area (Å²) in [5, 5.41) is 9.82. The van der Waals surface area contributed by atoms with Crippen molar-refractivity contribution < 1.29 is 24.1 Å². The van der Waals surface area contributed by atoms with E-state index in [9.17, 15) is 9.90 Å². The van der Waals surface area contributed by atoms with Gasteiger partial charge in [-0.2, -0.15) is 0 Å². The highest BCUT2D eigenvalue weighted by molar-refractivity contribution is 6.02. The predicted molar refractivity (Wildman–Crippen MR) is 62.2 cm³/mol. The van der Waals surface area contributed by atoms with Crippen LogP contribution in [0.25, 0.3) is 0 Å². The van der Waals surface area contributed by atoms with E-state index in [4.69, 9.17) is 14.2 Å². The normalized spacial score (nSPS) is 10.1. The summed E-state index contributed by atoms with van der Waals surface area (Å²) in [6.45, 7) is 1.64. The zero-order valence-corrected chi connectivity index (χ0v) is 10.4. The Labute approximate surface area is 99.9 Å². The van der Waals surface area contributed by atoms with Gasteiger partial charge in [-0.3, -0.25) is 4.79 Å². The van der Waals surface area contributed by atoms with E-state index in [1.807, 2.05) is 0 Å². The molecule has 0 aromatic heterocycles. The van der Waals surface area contributed by atoms with E-state index in [1.54, 1.807) is 6.92 Å². The third-order valence-electron chi connectivity index (χ3n) is 2.44. The van der Waals surface area contributed by atoms with Gasteiger partial charge in [0.1, 0.15) is 29.4 Å². The molecule has 0 heterocycles. The SMILES string of the molecule is COCC(=O)c1c(O)cc(OC)c(C)c1OC. The number of carbonyl (C=O) groups is 1. The number of benzene rings is 1. The molecule has 0 fully saturated rings. The Balaban J connectivity index is 3.38. The zero-order valence-electron chi connectivity index (χ0n) is 10.4. The lowest BCUT2D eigenvalue weighted by atomic mass is 10.0. The molecule has 0 spiro atoms. The lowest BCUT2D eigenvalue weighted by Crippen LogP contribution is -2.10. The molecule has 1 aromatic rings. The van der Waals surface area contributed by atoms with Crippen molar-refractivity contribution in [3.63, 3.8) is 0 Å². The summed E-state index contributed by atoms with van der Waals surface area (Å²) in [6, 6.07) is 1.39. The van der Waals surface area contributed by atoms with Crippen LogP contribution < -0.4 is 9.47 Å². The molecule has 0 aliphatic heterocycles. The molecule has 5 heteroatoms. The number of phenols is 1. The molecule has 0 bridgehead atoms. The Morgan fingerprint density at radius 2 is 1.94 bits per heavy atom. The van der Waals surface area contributed by atoms with Crippen LogP contribution in [0.4, 0.5) is 0 Å². The number of Topliss-reactive ketones (excluding diaryl/α,β-unsaturated/α-hetero) is 1. The third-order valence-corrected chi connectivity index (χ3v) is 2.44. The van der Waals surface area contributed by atoms with E-state index in [2.05, 4.69) is 0 Å². The monoisotopic (exact) mass is 240 g/mol. The number of methoxy groups -OCH3 is 3. The van der Waals surface area contributed by atoms with Crippen molar-refractivity contribution in [3.05, 3.63) is 17.2 Å². The van der Waals surface area contributed by atoms with Crippen LogP contribution in [0.5, 0.6) is 17.2 Å². The van der Waals surface area contributed by atoms with Gasteiger partial charge in [-0.25, -0.2) is 0 Å². The quantitative estimate of drug-likeness (QED) is 0.791. The maximum absolute atomic E-state index is 11.8. The minimum absolute atomic E-state index is 0.115. The van der Waals surface area contributed by atoms with E-state index in [0.29, 0.717) is 17.1 Å². The van der Waals surface area contributed by atoms with Crippen LogP contribution in [0.3, 0.4) is 0 Å². The summed E-state index contributed by atoms with van der Waals surface area (Å²) in [5.41, 5.74) is 0.778. The van der Waals surface area contributed by atoms with E-state index in [-0.39, 0.29) is 23.7 Å². The fourth-order valence-corrected chi connectivity index (χ4v) is 1.66. The van der Waals surface area contributed by atoms with Gasteiger partial charge in [-0.15, -0.1) is 0 Å². The average Bonchev–Trinajstić information content (AvgIpc) is 2.31. The number of ketones is 1. The molecule has 0 radical (unpaired) electrons. The second-order valence-corrected chi connectivity index (χ2v) is 3.49. The molecule has 5 nitrogen and oxygen atoms in total. The summed E-state index contributed by atoms with van der Waals surface area (Å²) in [5.74, 6) is 0.260. The van der Waals surface area contributed by atoms with Crippen molar-refractivity contribution in [2.45, 2.75) is 6.92 Å². The van der Waals surface area contributed by atoms with Gasteiger partial charge in [0.2, 0.25) is 0 Å². The Morgan fingerprint density at radius 3 is 2.41 bits per heavy atom. The van der Waals surface area contributed by atoms with Crippen LogP contribution in [0.15, 0.2) is 6.07 Å². The highest BCUT2D eigenvalue weighted by atomic mass is 16.5. The topological polar surface area (TPSA) is 65.0 Å². The molecule has 1 rings (SSSR count). The number of phenolic OH excluding ortho intramolecular Hbond substituents is 1. The molecule has 0 atom stereocenters. The molecular formula is C12H16O5. The molecule has 0 unspecified atom stereocenters. The van der Waals surface area contributed by atoms with Gasteiger partial charge in [-0.1, -0.05) is 0 Å². The minimum atomic E-state index is -0.340. The smallest absolute Gasteiger partial charge is 0.195 e. The summed E-state index contributed by atoms with van der Waals surface area (Å²) in [4.78, 5) is 11.8. The molecule has 0 aliphatic rings. The fraction of sp³-hybridized carbons (Fsp3) is 0.417. The first-order valence-corrected chi connectivity index (χ1v) is 5.03. The van der Waals surface area contributed by atoms with Gasteiger partial charge in [-0.05, 0) is 6.92 Å². The van der Waals surface area contributed by atoms with Crippen LogP contribution in [-0.4, -0.2) is 38.8 Å². The van der Waals surface area contributed by atoms with Crippen LogP contribution in [0.2, 0.25) is 0 Å². The Bertz CT molecular complexity index is 425. The first-order chi connectivity index (χ1) is 8.06. The van der Waals surface area contributed by atoms with Crippen molar-refractivity contribution >= 4 is 5.78 Å². The van der Waals surface area contributed by atoms with Crippen LogP contribution in [0.1, 0.15) is 15.9 Å². The number of hydrogen-bond donors (Lipinski definition) is 1. The van der Waals surface area contributed by atoms with E-state index in [0.717, 1.165) is 0 Å². The number of ether oxygens (including phenoxy) is 3. The molecule has 0 amide bonds. The summed E-state index contributed by atoms with van der Waals surface area (Å²) >= 11 is 0. The van der Waals surface area contributed by atoms with Gasteiger partial charge in [0.25, 0.3) is 0 Å². The first kappa shape index (κ1) is 13.3. The van der Waals surface area contributed by atoms with Crippen LogP contribution in [0, 0.1) is 6.92 Å². The maximum Gasteiger partial charge on any atom is 0.195 e. The Hall–Kier alpha value is -1.75. The summed E-state index contributed by atoms with van der Waals surface area (Å²) in [7, 11) is 4.33. The van der Waals surface area contributed by atoms with Crippen molar-refractivity contribution in [2.75, 3.05) is 27.9 Å². The van der Waals surface area contributed by atoms with Crippen molar-refractivity contribution in [1.29, 1.82) is 0 Å². The van der Waals surface area contributed by atoms with Crippen LogP contribution >= 0.6 is 0 Å². The molecule has 94 valence electrons. The molecule has 0 aliphatic carbocycles. The molecule has 1 N–H and O–H groups in total. The fourth-order valence-electron chi connectivity index (χ4n) is 1.66. The Morgan fingerprint density at radius 1 is 1.29 bits per heavy atom. The maximum atomic E-state index is 11.8. The van der Waals surface area contributed by atoms with E-state index in [1.165, 1.54) is 27.4 Å². The number of rotatable bonds is 5. The second-order valence-electron chi connectivity index (χ2n) is 3.49. The van der Waals surface area contributed by atoms with Gasteiger partial charge >= 0.3 is 0 Å². The first-order valence-electron chi connectivity index (χ1n) is 5.03. The van der Waals surface area contributed by atoms with E-state index >= 15 is 0 Å². The Kier molecular flexibility index (Phi) is 4.34. The van der Waals surface area contributed by atoms with Crippen molar-refractivity contribution in [3.8, 4) is 17.2 Å². The highest BCUT2D eigenvalue weighted by Crippen LogP contribution is 2.38. The molecule has 0 saturated carbocycles. The molecule has 1 aromatic carbocycles. The van der Waals surface area contributed by atoms with Gasteiger partial charge in [0.05, 0.1) is 14.2 Å². The van der Waals surface area contributed by atoms with Gasteiger partial charge in [0.15, 0.2) is 5.78 Å². The zero-order chi connectivity index (χ0) is 13.0. The minimum Gasteiger partial charge on any atom is -0.507 e. The van der Waals surface area contributed by atoms with Crippen molar-refractivity contribution in [1.82, 2.24) is 0 Å². The molecule has 17 heavy (non-hydrogen) atoms. The summed E-state index contributed by atoms with van der Waals surface area (Å²) < 4.78 is 15.0. The van der Waals surface area contributed by atoms with Crippen LogP contribution in [-0.2, 0) is 4.74 Å². The standard InChI is InChI=1S/C12H16O5/c1-7-10(16-3)5-8(13)11(12(7)17-4)9(14)6-15-2/h5,13H,6H2,1-4H3. The number of carbonyl (C=O) groups excluding carboxylic acids is 1. The lowest BCUT2D eigenvalue weighted by Gasteiger charge is -2.15.